The first-order valence-electron chi connectivity index (χ1n) is 6.95. The van der Waals surface area contributed by atoms with Gasteiger partial charge in [0, 0.05) is 23.6 Å². The third-order valence-corrected chi connectivity index (χ3v) is 4.34. The van der Waals surface area contributed by atoms with Crippen LogP contribution in [0.15, 0.2) is 46.9 Å². The van der Waals surface area contributed by atoms with Crippen molar-refractivity contribution in [3.05, 3.63) is 63.9 Å². The highest BCUT2D eigenvalue weighted by Gasteiger charge is 2.17. The minimum atomic E-state index is -0.167. The Morgan fingerprint density at radius 2 is 1.95 bits per heavy atom. The molecule has 2 aromatic carbocycles. The van der Waals surface area contributed by atoms with E-state index >= 15 is 0 Å². The highest BCUT2D eigenvalue weighted by atomic mass is 79.9. The summed E-state index contributed by atoms with van der Waals surface area (Å²) in [6.45, 7) is 2.83. The lowest BCUT2D eigenvalue weighted by Gasteiger charge is -2.29. The molecule has 0 bridgehead atoms. The molecule has 0 aromatic heterocycles. The Morgan fingerprint density at radius 3 is 2.57 bits per heavy atom. The van der Waals surface area contributed by atoms with Crippen molar-refractivity contribution in [1.82, 2.24) is 5.32 Å². The van der Waals surface area contributed by atoms with Crippen molar-refractivity contribution in [1.29, 1.82) is 0 Å². The molecule has 1 unspecified atom stereocenters. The molecule has 2 nitrogen and oxygen atoms in total. The highest BCUT2D eigenvalue weighted by Crippen LogP contribution is 2.33. The summed E-state index contributed by atoms with van der Waals surface area (Å²) in [6, 6.07) is 13.1. The van der Waals surface area contributed by atoms with E-state index < -0.39 is 0 Å². The predicted molar refractivity (Wildman–Crippen MR) is 90.1 cm³/mol. The third kappa shape index (κ3) is 3.63. The lowest BCUT2D eigenvalue weighted by molar-refractivity contribution is 0.585. The number of hydrogen-bond donors (Lipinski definition) is 1. The molecule has 0 heterocycles. The van der Waals surface area contributed by atoms with Gasteiger partial charge in [-0.05, 0) is 53.7 Å². The van der Waals surface area contributed by atoms with Crippen LogP contribution in [0, 0.1) is 5.82 Å². The normalized spacial score (nSPS) is 12.2. The minimum Gasteiger partial charge on any atom is -0.367 e. The number of rotatable bonds is 5. The molecule has 2 rings (SSSR count). The van der Waals surface area contributed by atoms with Crippen LogP contribution in [0.5, 0.6) is 0 Å². The lowest BCUT2D eigenvalue weighted by Crippen LogP contribution is -2.23. The molecule has 0 saturated heterocycles. The molecule has 0 amide bonds. The Balaban J connectivity index is 2.27. The van der Waals surface area contributed by atoms with Crippen LogP contribution in [0.2, 0.25) is 0 Å². The van der Waals surface area contributed by atoms with E-state index in [9.17, 15) is 4.39 Å². The van der Waals surface area contributed by atoms with Gasteiger partial charge in [-0.3, -0.25) is 0 Å². The fraction of sp³-hybridized carbons (Fsp3) is 0.294. The van der Waals surface area contributed by atoms with Crippen LogP contribution in [0.25, 0.3) is 0 Å². The van der Waals surface area contributed by atoms with E-state index in [0.717, 1.165) is 16.7 Å². The Kier molecular flexibility index (Phi) is 5.37. The number of benzene rings is 2. The van der Waals surface area contributed by atoms with Gasteiger partial charge >= 0.3 is 0 Å². The second-order valence-corrected chi connectivity index (χ2v) is 5.98. The molecule has 0 aliphatic carbocycles. The van der Waals surface area contributed by atoms with Crippen molar-refractivity contribution in [2.45, 2.75) is 19.5 Å². The average Bonchev–Trinajstić information content (AvgIpc) is 2.47. The fourth-order valence-electron chi connectivity index (χ4n) is 2.38. The number of anilines is 1. The van der Waals surface area contributed by atoms with Crippen molar-refractivity contribution in [2.24, 2.45) is 0 Å². The van der Waals surface area contributed by atoms with Crippen molar-refractivity contribution in [2.75, 3.05) is 19.0 Å². The zero-order chi connectivity index (χ0) is 15.4. The van der Waals surface area contributed by atoms with Crippen LogP contribution >= 0.6 is 15.9 Å². The third-order valence-electron chi connectivity index (χ3n) is 3.71. The maximum absolute atomic E-state index is 13.9. The summed E-state index contributed by atoms with van der Waals surface area (Å²) in [6.07, 6.45) is 0. The van der Waals surface area contributed by atoms with Gasteiger partial charge in [-0.25, -0.2) is 4.39 Å². The van der Waals surface area contributed by atoms with Gasteiger partial charge in [-0.2, -0.15) is 0 Å². The molecule has 1 N–H and O–H groups in total. The van der Waals surface area contributed by atoms with Crippen molar-refractivity contribution in [3.8, 4) is 0 Å². The monoisotopic (exact) mass is 350 g/mol. The molecule has 112 valence electrons. The molecule has 0 radical (unpaired) electrons. The highest BCUT2D eigenvalue weighted by molar-refractivity contribution is 9.10. The topological polar surface area (TPSA) is 15.3 Å². The summed E-state index contributed by atoms with van der Waals surface area (Å²) in [5.74, 6) is -0.167. The second kappa shape index (κ2) is 7.05. The van der Waals surface area contributed by atoms with Gasteiger partial charge in [0.05, 0.1) is 11.7 Å². The average molecular weight is 351 g/mol. The molecular formula is C17H20BrFN2. The van der Waals surface area contributed by atoms with Gasteiger partial charge in [-0.15, -0.1) is 0 Å². The van der Waals surface area contributed by atoms with Gasteiger partial charge in [0.25, 0.3) is 0 Å². The Hall–Kier alpha value is -1.39. The molecule has 0 saturated carbocycles. The van der Waals surface area contributed by atoms with E-state index in [1.807, 2.05) is 33.2 Å². The number of halogens is 2. The van der Waals surface area contributed by atoms with Crippen LogP contribution in [0.4, 0.5) is 10.1 Å². The zero-order valence-corrected chi connectivity index (χ0v) is 14.1. The van der Waals surface area contributed by atoms with E-state index in [0.29, 0.717) is 5.56 Å². The van der Waals surface area contributed by atoms with Crippen LogP contribution in [0.1, 0.15) is 24.1 Å². The van der Waals surface area contributed by atoms with Gasteiger partial charge in [0.2, 0.25) is 0 Å². The van der Waals surface area contributed by atoms with Crippen LogP contribution < -0.4 is 10.2 Å². The standard InChI is InChI=1S/C17H20BrFN2/c1-12(14-6-4-5-7-16(14)19)21(3)17-9-8-13(11-20-2)10-15(17)18/h4-10,12,20H,11H2,1-3H3. The molecule has 0 fully saturated rings. The molecule has 2 aromatic rings. The van der Waals surface area contributed by atoms with Gasteiger partial charge in [0.15, 0.2) is 0 Å². The maximum Gasteiger partial charge on any atom is 0.128 e. The first-order valence-corrected chi connectivity index (χ1v) is 7.74. The molecule has 0 spiro atoms. The molecule has 0 aliphatic rings. The quantitative estimate of drug-likeness (QED) is 0.853. The van der Waals surface area contributed by atoms with Crippen molar-refractivity contribution >= 4 is 21.6 Å². The molecule has 4 heteroatoms. The van der Waals surface area contributed by atoms with Crippen molar-refractivity contribution in [3.63, 3.8) is 0 Å². The summed E-state index contributed by atoms with van der Waals surface area (Å²) in [5, 5.41) is 3.13. The SMILES string of the molecule is CNCc1ccc(N(C)C(C)c2ccccc2F)c(Br)c1. The van der Waals surface area contributed by atoms with Crippen LogP contribution in [-0.4, -0.2) is 14.1 Å². The van der Waals surface area contributed by atoms with E-state index in [-0.39, 0.29) is 11.9 Å². The lowest BCUT2D eigenvalue weighted by atomic mass is 10.1. The smallest absolute Gasteiger partial charge is 0.128 e. The van der Waals surface area contributed by atoms with Crippen molar-refractivity contribution < 1.29 is 4.39 Å². The first kappa shape index (κ1) is 16.0. The van der Waals surface area contributed by atoms with E-state index in [1.54, 1.807) is 6.07 Å². The van der Waals surface area contributed by atoms with E-state index in [2.05, 4.69) is 44.3 Å². The van der Waals surface area contributed by atoms with Gasteiger partial charge in [0.1, 0.15) is 5.82 Å². The molecule has 1 atom stereocenters. The number of nitrogens with zero attached hydrogens (tertiary/aromatic N) is 1. The van der Waals surface area contributed by atoms with Gasteiger partial charge < -0.3 is 10.2 Å². The number of nitrogens with one attached hydrogen (secondary N) is 1. The van der Waals surface area contributed by atoms with E-state index in [4.69, 9.17) is 0 Å². The summed E-state index contributed by atoms with van der Waals surface area (Å²) >= 11 is 3.61. The Labute approximate surface area is 134 Å². The largest absolute Gasteiger partial charge is 0.367 e. The second-order valence-electron chi connectivity index (χ2n) is 5.12. The predicted octanol–water partition coefficient (Wildman–Crippen LogP) is 4.51. The maximum atomic E-state index is 13.9. The Bertz CT molecular complexity index is 615. The zero-order valence-electron chi connectivity index (χ0n) is 12.5. The van der Waals surface area contributed by atoms with Crippen LogP contribution in [-0.2, 0) is 6.54 Å². The van der Waals surface area contributed by atoms with Gasteiger partial charge in [-0.1, -0.05) is 24.3 Å². The summed E-state index contributed by atoms with van der Waals surface area (Å²) in [7, 11) is 3.91. The molecular weight excluding hydrogens is 331 g/mol. The minimum absolute atomic E-state index is 0.0438. The summed E-state index contributed by atoms with van der Waals surface area (Å²) < 4.78 is 14.9. The molecule has 0 aliphatic heterocycles. The first-order chi connectivity index (χ1) is 10.0. The van der Waals surface area contributed by atoms with Crippen LogP contribution in [0.3, 0.4) is 0 Å². The fourth-order valence-corrected chi connectivity index (χ4v) is 3.09. The number of hydrogen-bond acceptors (Lipinski definition) is 2. The van der Waals surface area contributed by atoms with E-state index in [1.165, 1.54) is 11.6 Å². The summed E-state index contributed by atoms with van der Waals surface area (Å²) in [4.78, 5) is 2.08. The molecule has 21 heavy (non-hydrogen) atoms. The summed E-state index contributed by atoms with van der Waals surface area (Å²) in [5.41, 5.74) is 2.96. The Morgan fingerprint density at radius 1 is 1.24 bits per heavy atom.